The minimum atomic E-state index is -3.92. The Kier molecular flexibility index (Phi) is 5.17. The number of aliphatic hydroxyl groups excluding tert-OH is 1. The third kappa shape index (κ3) is 3.39. The van der Waals surface area contributed by atoms with Crippen LogP contribution in [0.25, 0.3) is 0 Å². The Morgan fingerprint density at radius 1 is 1.26 bits per heavy atom. The van der Waals surface area contributed by atoms with E-state index in [9.17, 15) is 23.2 Å². The van der Waals surface area contributed by atoms with Crippen LogP contribution in [0.2, 0.25) is 0 Å². The molecule has 0 aliphatic carbocycles. The molecule has 1 heterocycles. The van der Waals surface area contributed by atoms with E-state index in [2.05, 4.69) is 0 Å². The molecule has 8 heteroatoms. The summed E-state index contributed by atoms with van der Waals surface area (Å²) >= 11 is 0. The summed E-state index contributed by atoms with van der Waals surface area (Å²) in [6.45, 7) is 1.67. The highest BCUT2D eigenvalue weighted by Gasteiger charge is 2.45. The molecule has 0 fully saturated rings. The van der Waals surface area contributed by atoms with Gasteiger partial charge in [-0.05, 0) is 36.2 Å². The van der Waals surface area contributed by atoms with Gasteiger partial charge in [0.1, 0.15) is 17.5 Å². The minimum absolute atomic E-state index is 0.0640. The van der Waals surface area contributed by atoms with Gasteiger partial charge in [-0.15, -0.1) is 0 Å². The van der Waals surface area contributed by atoms with Gasteiger partial charge in [0.25, 0.3) is 5.95 Å². The van der Waals surface area contributed by atoms with Gasteiger partial charge in [0.2, 0.25) is 10.0 Å². The van der Waals surface area contributed by atoms with Crippen molar-refractivity contribution in [2.45, 2.75) is 24.4 Å². The number of halogens is 1. The van der Waals surface area contributed by atoms with Gasteiger partial charge >= 0.3 is 0 Å². The van der Waals surface area contributed by atoms with Gasteiger partial charge in [-0.2, -0.15) is 9.57 Å². The maximum Gasteiger partial charge on any atom is 0.293 e. The summed E-state index contributed by atoms with van der Waals surface area (Å²) in [6, 6.07) is 12.6. The molecule has 1 N–H and O–H groups in total. The number of benzene rings is 2. The molecule has 0 bridgehead atoms. The van der Waals surface area contributed by atoms with Crippen molar-refractivity contribution in [3.05, 3.63) is 77.0 Å². The normalized spacial score (nSPS) is 19.1. The molecule has 0 saturated carbocycles. The summed E-state index contributed by atoms with van der Waals surface area (Å²) in [4.78, 5) is 0.0640. The molecule has 6 nitrogen and oxygen atoms in total. The van der Waals surface area contributed by atoms with Gasteiger partial charge in [-0.1, -0.05) is 30.3 Å². The number of rotatable bonds is 5. The summed E-state index contributed by atoms with van der Waals surface area (Å²) in [5.74, 6) is -1.05. The van der Waals surface area contributed by atoms with Crippen LogP contribution in [0.15, 0.2) is 64.9 Å². The van der Waals surface area contributed by atoms with Gasteiger partial charge in [-0.25, -0.2) is 12.8 Å². The maximum absolute atomic E-state index is 13.2. The van der Waals surface area contributed by atoms with Crippen LogP contribution >= 0.6 is 0 Å². The fraction of sp³-hybridized carbons (Fsp3) is 0.211. The summed E-state index contributed by atoms with van der Waals surface area (Å²) in [5, 5.41) is 19.7. The second-order valence-corrected chi connectivity index (χ2v) is 7.74. The molecule has 1 atom stereocenters. The Balaban J connectivity index is 2.15. The number of fused-ring (bicyclic) bond motifs is 1. The molecule has 1 aliphatic heterocycles. The number of ether oxygens (including phenoxy) is 1. The lowest BCUT2D eigenvalue weighted by Crippen LogP contribution is -2.29. The minimum Gasteiger partial charge on any atom is -0.480 e. The van der Waals surface area contributed by atoms with Crippen LogP contribution in [0.4, 0.5) is 4.39 Å². The summed E-state index contributed by atoms with van der Waals surface area (Å²) in [5.41, 5.74) is 0.723. The lowest BCUT2D eigenvalue weighted by atomic mass is 9.99. The zero-order chi connectivity index (χ0) is 19.6. The second-order valence-electron chi connectivity index (χ2n) is 5.88. The highest BCUT2D eigenvalue weighted by atomic mass is 32.2. The molecular formula is C19H17FN2O4S. The standard InChI is InChI=1S/C19H17FN2O4S/c1-2-26-19(23)16(11-21)18-15-5-3-4-6-17(15)27(24,25)22(18)12-13-7-9-14(20)10-8-13/h3-10,18,23H,2,12H2,1H3/b19-16-. The van der Waals surface area contributed by atoms with E-state index in [1.807, 2.05) is 6.07 Å². The van der Waals surface area contributed by atoms with Gasteiger partial charge in [-0.3, -0.25) is 0 Å². The van der Waals surface area contributed by atoms with E-state index in [0.717, 1.165) is 4.31 Å². The summed E-state index contributed by atoms with van der Waals surface area (Å²) < 4.78 is 45.5. The molecule has 3 rings (SSSR count). The van der Waals surface area contributed by atoms with Crippen LogP contribution in [0.3, 0.4) is 0 Å². The molecular weight excluding hydrogens is 371 g/mol. The molecule has 2 aromatic rings. The van der Waals surface area contributed by atoms with Gasteiger partial charge in [0.05, 0.1) is 17.5 Å². The van der Waals surface area contributed by atoms with E-state index < -0.39 is 27.8 Å². The van der Waals surface area contributed by atoms with Crippen LogP contribution in [0.5, 0.6) is 0 Å². The predicted octanol–water partition coefficient (Wildman–Crippen LogP) is 3.40. The first-order chi connectivity index (χ1) is 12.9. The maximum atomic E-state index is 13.2. The number of hydrogen-bond donors (Lipinski definition) is 1. The molecule has 0 spiro atoms. The highest BCUT2D eigenvalue weighted by Crippen LogP contribution is 2.44. The summed E-state index contributed by atoms with van der Waals surface area (Å²) in [6.07, 6.45) is 0. The van der Waals surface area contributed by atoms with Crippen molar-refractivity contribution in [3.8, 4) is 6.07 Å². The van der Waals surface area contributed by atoms with Crippen LogP contribution in [0, 0.1) is 17.1 Å². The van der Waals surface area contributed by atoms with E-state index in [0.29, 0.717) is 11.1 Å². The van der Waals surface area contributed by atoms with Crippen molar-refractivity contribution in [1.29, 1.82) is 5.26 Å². The summed E-state index contributed by atoms with van der Waals surface area (Å²) in [7, 11) is -3.92. The molecule has 0 radical (unpaired) electrons. The van der Waals surface area contributed by atoms with Crippen LogP contribution < -0.4 is 0 Å². The van der Waals surface area contributed by atoms with Crippen molar-refractivity contribution in [3.63, 3.8) is 0 Å². The van der Waals surface area contributed by atoms with Gasteiger partial charge < -0.3 is 9.84 Å². The number of sulfonamides is 1. The number of hydrogen-bond acceptors (Lipinski definition) is 5. The molecule has 140 valence electrons. The van der Waals surface area contributed by atoms with E-state index in [1.54, 1.807) is 25.1 Å². The SMILES string of the molecule is CCO/C(O)=C(/C#N)C1c2ccccc2S(=O)(=O)N1Cc1ccc(F)cc1. The van der Waals surface area contributed by atoms with E-state index in [-0.39, 0.29) is 23.6 Å². The van der Waals surface area contributed by atoms with Crippen LogP contribution in [-0.2, 0) is 21.3 Å². The third-order valence-corrected chi connectivity index (χ3v) is 6.13. The van der Waals surface area contributed by atoms with Crippen LogP contribution in [0.1, 0.15) is 24.1 Å². The number of aliphatic hydroxyl groups is 1. The lowest BCUT2D eigenvalue weighted by molar-refractivity contribution is 0.0952. The average molecular weight is 388 g/mol. The number of nitriles is 1. The van der Waals surface area contributed by atoms with E-state index >= 15 is 0 Å². The first-order valence-corrected chi connectivity index (χ1v) is 9.65. The molecule has 0 amide bonds. The van der Waals surface area contributed by atoms with Crippen molar-refractivity contribution in [1.82, 2.24) is 4.31 Å². The first kappa shape index (κ1) is 18.9. The van der Waals surface area contributed by atoms with Crippen molar-refractivity contribution in [2.75, 3.05) is 6.61 Å². The van der Waals surface area contributed by atoms with E-state index in [4.69, 9.17) is 4.74 Å². The van der Waals surface area contributed by atoms with Gasteiger partial charge in [0, 0.05) is 6.54 Å². The Morgan fingerprint density at radius 2 is 1.93 bits per heavy atom. The Bertz CT molecular complexity index is 1030. The Morgan fingerprint density at radius 3 is 2.56 bits per heavy atom. The van der Waals surface area contributed by atoms with E-state index in [1.165, 1.54) is 30.3 Å². The lowest BCUT2D eigenvalue weighted by Gasteiger charge is -2.23. The molecule has 1 unspecified atom stereocenters. The van der Waals surface area contributed by atoms with Crippen molar-refractivity contribution in [2.24, 2.45) is 0 Å². The Labute approximate surface area is 156 Å². The zero-order valence-corrected chi connectivity index (χ0v) is 15.3. The first-order valence-electron chi connectivity index (χ1n) is 8.21. The quantitative estimate of drug-likeness (QED) is 0.626. The van der Waals surface area contributed by atoms with Crippen LogP contribution in [-0.4, -0.2) is 24.4 Å². The Hall–Kier alpha value is -2.89. The number of nitrogens with zero attached hydrogens (tertiary/aromatic N) is 2. The van der Waals surface area contributed by atoms with Gasteiger partial charge in [0.15, 0.2) is 0 Å². The molecule has 2 aromatic carbocycles. The zero-order valence-electron chi connectivity index (χ0n) is 14.5. The predicted molar refractivity (Wildman–Crippen MR) is 95.2 cm³/mol. The fourth-order valence-electron chi connectivity index (χ4n) is 3.05. The molecule has 0 saturated heterocycles. The average Bonchev–Trinajstić information content (AvgIpc) is 2.86. The molecule has 27 heavy (non-hydrogen) atoms. The van der Waals surface area contributed by atoms with Crippen molar-refractivity contribution >= 4 is 10.0 Å². The third-order valence-electron chi connectivity index (χ3n) is 4.25. The monoisotopic (exact) mass is 388 g/mol. The molecule has 1 aliphatic rings. The fourth-order valence-corrected chi connectivity index (χ4v) is 4.84. The molecule has 0 aromatic heterocycles. The second kappa shape index (κ2) is 7.39. The smallest absolute Gasteiger partial charge is 0.293 e. The topological polar surface area (TPSA) is 90.6 Å². The van der Waals surface area contributed by atoms with Crippen molar-refractivity contribution < 1.29 is 22.7 Å². The highest BCUT2D eigenvalue weighted by molar-refractivity contribution is 7.89. The largest absolute Gasteiger partial charge is 0.480 e.